The van der Waals surface area contributed by atoms with E-state index in [-0.39, 0.29) is 5.69 Å². The summed E-state index contributed by atoms with van der Waals surface area (Å²) in [4.78, 5) is -0.642. The van der Waals surface area contributed by atoms with E-state index in [1.807, 2.05) is 0 Å². The molecule has 0 bridgehead atoms. The van der Waals surface area contributed by atoms with Gasteiger partial charge in [0.1, 0.15) is 10.6 Å². The molecule has 9 nitrogen and oxygen atoms in total. The van der Waals surface area contributed by atoms with E-state index in [9.17, 15) is 21.6 Å². The lowest BCUT2D eigenvalue weighted by atomic mass is 10.3. The first-order chi connectivity index (χ1) is 15.7. The Morgan fingerprint density at radius 2 is 1.61 bits per heavy atom. The number of hydrogen-bond acceptors (Lipinski definition) is 7. The maximum Gasteiger partial charge on any atom is 0.573 e. The third kappa shape index (κ3) is 5.57. The van der Waals surface area contributed by atoms with Crippen molar-refractivity contribution in [1.82, 2.24) is 20.0 Å². The number of aromatic nitrogens is 4. The molecule has 0 aliphatic rings. The lowest BCUT2D eigenvalue weighted by molar-refractivity contribution is -0.275. The SMILES string of the molecule is O=S(=O)(Nc1ccc(Nc2ccc(-n3cccn3)nn2)cc1)c1ccccc1OC(F)(F)F. The van der Waals surface area contributed by atoms with Crippen molar-refractivity contribution in [1.29, 1.82) is 0 Å². The minimum Gasteiger partial charge on any atom is -0.404 e. The van der Waals surface area contributed by atoms with E-state index in [0.717, 1.165) is 12.1 Å². The quantitative estimate of drug-likeness (QED) is 0.413. The summed E-state index contributed by atoms with van der Waals surface area (Å²) in [6.07, 6.45) is -1.69. The van der Waals surface area contributed by atoms with E-state index in [1.165, 1.54) is 24.3 Å². The van der Waals surface area contributed by atoms with Crippen LogP contribution >= 0.6 is 0 Å². The number of halogens is 3. The van der Waals surface area contributed by atoms with Gasteiger partial charge in [-0.3, -0.25) is 4.72 Å². The molecule has 4 rings (SSSR count). The number of benzene rings is 2. The Kier molecular flexibility index (Phi) is 5.87. The molecule has 0 unspecified atom stereocenters. The first-order valence-electron chi connectivity index (χ1n) is 9.28. The van der Waals surface area contributed by atoms with Crippen LogP contribution in [0.1, 0.15) is 0 Å². The largest absolute Gasteiger partial charge is 0.573 e. The fourth-order valence-corrected chi connectivity index (χ4v) is 3.97. The zero-order valence-electron chi connectivity index (χ0n) is 16.6. The van der Waals surface area contributed by atoms with E-state index in [2.05, 4.69) is 30.1 Å². The topological polar surface area (TPSA) is 111 Å². The van der Waals surface area contributed by atoms with Crippen LogP contribution in [0.15, 0.2) is 84.0 Å². The van der Waals surface area contributed by atoms with Crippen LogP contribution in [0.4, 0.5) is 30.4 Å². The summed E-state index contributed by atoms with van der Waals surface area (Å²) in [6, 6.07) is 15.7. The van der Waals surface area contributed by atoms with E-state index >= 15 is 0 Å². The van der Waals surface area contributed by atoms with Gasteiger partial charge in [0.05, 0.1) is 0 Å². The summed E-state index contributed by atoms with van der Waals surface area (Å²) in [5, 5.41) is 15.2. The Morgan fingerprint density at radius 3 is 2.24 bits per heavy atom. The average Bonchev–Trinajstić information content (AvgIpc) is 3.30. The minimum absolute atomic E-state index is 0.141. The van der Waals surface area contributed by atoms with Crippen LogP contribution in [0.25, 0.3) is 5.82 Å². The molecule has 13 heteroatoms. The number of nitrogens with one attached hydrogen (secondary N) is 2. The predicted molar refractivity (Wildman–Crippen MR) is 113 cm³/mol. The Labute approximate surface area is 185 Å². The molecule has 0 radical (unpaired) electrons. The molecule has 0 saturated heterocycles. The van der Waals surface area contributed by atoms with Gasteiger partial charge in [-0.1, -0.05) is 12.1 Å². The van der Waals surface area contributed by atoms with E-state index in [1.54, 1.807) is 47.4 Å². The van der Waals surface area contributed by atoms with E-state index in [4.69, 9.17) is 0 Å². The number of anilines is 3. The van der Waals surface area contributed by atoms with Gasteiger partial charge in [0, 0.05) is 23.8 Å². The number of ether oxygens (including phenoxy) is 1. The number of alkyl halides is 3. The number of rotatable bonds is 7. The van der Waals surface area contributed by atoms with Crippen LogP contribution in [0.2, 0.25) is 0 Å². The average molecular weight is 476 g/mol. The molecule has 0 spiro atoms. The first kappa shape index (κ1) is 22.1. The van der Waals surface area contributed by atoms with Crippen LogP contribution in [0, 0.1) is 0 Å². The molecule has 2 aromatic carbocycles. The zero-order valence-corrected chi connectivity index (χ0v) is 17.4. The third-order valence-electron chi connectivity index (χ3n) is 4.16. The highest BCUT2D eigenvalue weighted by atomic mass is 32.2. The summed E-state index contributed by atoms with van der Waals surface area (Å²) in [5.41, 5.74) is 0.724. The Morgan fingerprint density at radius 1 is 0.879 bits per heavy atom. The fourth-order valence-electron chi connectivity index (χ4n) is 2.78. The molecular weight excluding hydrogens is 461 g/mol. The van der Waals surface area contributed by atoms with Gasteiger partial charge in [0.25, 0.3) is 10.0 Å². The second-order valence-electron chi connectivity index (χ2n) is 6.53. The van der Waals surface area contributed by atoms with Crippen LogP contribution in [-0.4, -0.2) is 34.8 Å². The summed E-state index contributed by atoms with van der Waals surface area (Å²) < 4.78 is 70.6. The first-order valence-corrected chi connectivity index (χ1v) is 10.8. The smallest absolute Gasteiger partial charge is 0.404 e. The summed E-state index contributed by atoms with van der Waals surface area (Å²) in [7, 11) is -4.34. The van der Waals surface area contributed by atoms with Crippen molar-refractivity contribution in [3.63, 3.8) is 0 Å². The molecule has 170 valence electrons. The third-order valence-corrected chi connectivity index (χ3v) is 5.58. The second-order valence-corrected chi connectivity index (χ2v) is 8.18. The van der Waals surface area contributed by atoms with Crippen molar-refractivity contribution in [3.05, 3.63) is 79.1 Å². The molecule has 0 fully saturated rings. The predicted octanol–water partition coefficient (Wildman–Crippen LogP) is 4.11. The van der Waals surface area contributed by atoms with Crippen molar-refractivity contribution in [2.75, 3.05) is 10.0 Å². The second kappa shape index (κ2) is 8.78. The molecule has 2 heterocycles. The molecule has 4 aromatic rings. The number of para-hydroxylation sites is 1. The van der Waals surface area contributed by atoms with Crippen LogP contribution < -0.4 is 14.8 Å². The van der Waals surface area contributed by atoms with Crippen LogP contribution in [0.3, 0.4) is 0 Å². The molecule has 0 saturated carbocycles. The lowest BCUT2D eigenvalue weighted by Crippen LogP contribution is -2.20. The standard InChI is InChI=1S/C20H15F3N6O3S/c21-20(22,23)32-16-4-1-2-5-17(16)33(30,31)28-15-8-6-14(7-9-15)25-18-10-11-19(27-26-18)29-13-3-12-24-29/h1-13,28H,(H,25,26). The number of nitrogens with zero attached hydrogens (tertiary/aromatic N) is 4. The molecule has 0 atom stereocenters. The van der Waals surface area contributed by atoms with Gasteiger partial charge >= 0.3 is 6.36 Å². The highest BCUT2D eigenvalue weighted by molar-refractivity contribution is 7.92. The van der Waals surface area contributed by atoms with Gasteiger partial charge in [-0.25, -0.2) is 13.1 Å². The van der Waals surface area contributed by atoms with E-state index < -0.39 is 27.0 Å². The Bertz CT molecular complexity index is 1330. The van der Waals surface area contributed by atoms with Gasteiger partial charge in [0.2, 0.25) is 0 Å². The molecule has 0 aliphatic carbocycles. The van der Waals surface area contributed by atoms with Crippen molar-refractivity contribution in [3.8, 4) is 11.6 Å². The molecule has 2 N–H and O–H groups in total. The normalized spacial score (nSPS) is 11.7. The lowest BCUT2D eigenvalue weighted by Gasteiger charge is -2.14. The Balaban J connectivity index is 1.46. The van der Waals surface area contributed by atoms with Crippen molar-refractivity contribution >= 4 is 27.2 Å². The molecule has 0 aliphatic heterocycles. The van der Waals surface area contributed by atoms with Gasteiger partial charge in [-0.05, 0) is 54.6 Å². The highest BCUT2D eigenvalue weighted by Crippen LogP contribution is 2.30. The molecule has 0 amide bonds. The number of hydrogen-bond donors (Lipinski definition) is 2. The summed E-state index contributed by atoms with van der Waals surface area (Å²) in [6.45, 7) is 0. The highest BCUT2D eigenvalue weighted by Gasteiger charge is 2.34. The number of sulfonamides is 1. The zero-order chi connectivity index (χ0) is 23.5. The summed E-state index contributed by atoms with van der Waals surface area (Å²) in [5.74, 6) is 0.149. The molecule has 33 heavy (non-hydrogen) atoms. The Hall–Kier alpha value is -4.13. The minimum atomic E-state index is -5.03. The van der Waals surface area contributed by atoms with Gasteiger partial charge in [0.15, 0.2) is 11.6 Å². The summed E-state index contributed by atoms with van der Waals surface area (Å²) >= 11 is 0. The van der Waals surface area contributed by atoms with Crippen molar-refractivity contribution < 1.29 is 26.3 Å². The van der Waals surface area contributed by atoms with Crippen molar-refractivity contribution in [2.24, 2.45) is 0 Å². The van der Waals surface area contributed by atoms with Gasteiger partial charge in [-0.2, -0.15) is 5.10 Å². The molecule has 2 aromatic heterocycles. The maximum absolute atomic E-state index is 12.6. The fraction of sp³-hybridized carbons (Fsp3) is 0.0500. The van der Waals surface area contributed by atoms with Crippen LogP contribution in [0.5, 0.6) is 5.75 Å². The van der Waals surface area contributed by atoms with Gasteiger partial charge < -0.3 is 10.1 Å². The van der Waals surface area contributed by atoms with Crippen LogP contribution in [-0.2, 0) is 10.0 Å². The molecular formula is C20H15F3N6O3S. The van der Waals surface area contributed by atoms with E-state index in [0.29, 0.717) is 17.3 Å². The monoisotopic (exact) mass is 476 g/mol. The maximum atomic E-state index is 12.6. The van der Waals surface area contributed by atoms with Crippen molar-refractivity contribution in [2.45, 2.75) is 11.3 Å². The van der Waals surface area contributed by atoms with Gasteiger partial charge in [-0.15, -0.1) is 23.4 Å².